The van der Waals surface area contributed by atoms with Crippen molar-refractivity contribution in [2.45, 2.75) is 32.2 Å². The van der Waals surface area contributed by atoms with E-state index in [0.29, 0.717) is 5.92 Å². The summed E-state index contributed by atoms with van der Waals surface area (Å²) in [5, 5.41) is 11.4. The van der Waals surface area contributed by atoms with Crippen molar-refractivity contribution in [1.29, 1.82) is 5.26 Å². The van der Waals surface area contributed by atoms with Gasteiger partial charge >= 0.3 is 0 Å². The SMILES string of the molecule is CC(CC1CC1)Nc1c(F)cc(C#N)cc1F. The van der Waals surface area contributed by atoms with Gasteiger partial charge in [-0.05, 0) is 31.4 Å². The molecule has 1 saturated carbocycles. The van der Waals surface area contributed by atoms with Crippen LogP contribution < -0.4 is 5.32 Å². The van der Waals surface area contributed by atoms with Gasteiger partial charge in [0, 0.05) is 6.04 Å². The van der Waals surface area contributed by atoms with Gasteiger partial charge in [0.2, 0.25) is 0 Å². The molecule has 0 saturated heterocycles. The number of hydrogen-bond acceptors (Lipinski definition) is 2. The number of benzene rings is 1. The highest BCUT2D eigenvalue weighted by Gasteiger charge is 2.24. The molecule has 1 atom stereocenters. The monoisotopic (exact) mass is 236 g/mol. The molecular formula is C13H14F2N2. The van der Waals surface area contributed by atoms with Crippen LogP contribution in [0.2, 0.25) is 0 Å². The quantitative estimate of drug-likeness (QED) is 0.869. The highest BCUT2D eigenvalue weighted by Crippen LogP contribution is 2.34. The average Bonchev–Trinajstić information content (AvgIpc) is 3.07. The molecule has 2 rings (SSSR count). The highest BCUT2D eigenvalue weighted by molar-refractivity contribution is 5.50. The molecule has 90 valence electrons. The number of anilines is 1. The molecule has 0 radical (unpaired) electrons. The van der Waals surface area contributed by atoms with E-state index >= 15 is 0 Å². The van der Waals surface area contributed by atoms with Crippen molar-refractivity contribution in [3.05, 3.63) is 29.3 Å². The Kier molecular flexibility index (Phi) is 3.28. The zero-order chi connectivity index (χ0) is 12.4. The third-order valence-corrected chi connectivity index (χ3v) is 2.95. The third-order valence-electron chi connectivity index (χ3n) is 2.95. The Hall–Kier alpha value is -1.63. The maximum Gasteiger partial charge on any atom is 0.150 e. The number of nitrogens with zero attached hydrogens (tertiary/aromatic N) is 1. The summed E-state index contributed by atoms with van der Waals surface area (Å²) < 4.78 is 27.1. The molecule has 2 nitrogen and oxygen atoms in total. The minimum atomic E-state index is -0.704. The van der Waals surface area contributed by atoms with Crippen LogP contribution in [0, 0.1) is 28.9 Å². The molecule has 1 unspecified atom stereocenters. The summed E-state index contributed by atoms with van der Waals surface area (Å²) >= 11 is 0. The smallest absolute Gasteiger partial charge is 0.150 e. The van der Waals surface area contributed by atoms with E-state index in [1.165, 1.54) is 12.8 Å². The second kappa shape index (κ2) is 4.70. The first-order valence-corrected chi connectivity index (χ1v) is 5.76. The van der Waals surface area contributed by atoms with Crippen LogP contribution in [0.1, 0.15) is 31.7 Å². The predicted molar refractivity (Wildman–Crippen MR) is 61.5 cm³/mol. The fourth-order valence-electron chi connectivity index (χ4n) is 1.93. The van der Waals surface area contributed by atoms with E-state index < -0.39 is 11.6 Å². The van der Waals surface area contributed by atoms with Crippen LogP contribution in [0.25, 0.3) is 0 Å². The number of hydrogen-bond donors (Lipinski definition) is 1. The first kappa shape index (κ1) is 11.8. The fraction of sp³-hybridized carbons (Fsp3) is 0.462. The Labute approximate surface area is 99.3 Å². The summed E-state index contributed by atoms with van der Waals surface area (Å²) in [7, 11) is 0. The maximum atomic E-state index is 13.6. The molecule has 0 amide bonds. The van der Waals surface area contributed by atoms with Gasteiger partial charge in [-0.2, -0.15) is 5.26 Å². The van der Waals surface area contributed by atoms with Crippen LogP contribution in [0.5, 0.6) is 0 Å². The van der Waals surface area contributed by atoms with Crippen molar-refractivity contribution in [1.82, 2.24) is 0 Å². The molecule has 4 heteroatoms. The van der Waals surface area contributed by atoms with Crippen molar-refractivity contribution in [2.24, 2.45) is 5.92 Å². The Morgan fingerprint density at radius 3 is 2.47 bits per heavy atom. The summed E-state index contributed by atoms with van der Waals surface area (Å²) in [4.78, 5) is 0. The fourth-order valence-corrected chi connectivity index (χ4v) is 1.93. The van der Waals surface area contributed by atoms with E-state index in [9.17, 15) is 8.78 Å². The molecule has 0 aromatic heterocycles. The van der Waals surface area contributed by atoms with E-state index in [0.717, 1.165) is 18.6 Å². The molecule has 17 heavy (non-hydrogen) atoms. The van der Waals surface area contributed by atoms with Crippen LogP contribution in [0.15, 0.2) is 12.1 Å². The molecule has 1 fully saturated rings. The van der Waals surface area contributed by atoms with Gasteiger partial charge in [0.25, 0.3) is 0 Å². The van der Waals surface area contributed by atoms with Crippen molar-refractivity contribution in [3.63, 3.8) is 0 Å². The summed E-state index contributed by atoms with van der Waals surface area (Å²) in [6, 6.07) is 3.87. The number of nitrogens with one attached hydrogen (secondary N) is 1. The van der Waals surface area contributed by atoms with Crippen molar-refractivity contribution in [3.8, 4) is 6.07 Å². The largest absolute Gasteiger partial charge is 0.378 e. The first-order valence-electron chi connectivity index (χ1n) is 5.76. The summed E-state index contributed by atoms with van der Waals surface area (Å²) in [6.45, 7) is 1.91. The van der Waals surface area contributed by atoms with Crippen molar-refractivity contribution < 1.29 is 8.78 Å². The Morgan fingerprint density at radius 1 is 1.41 bits per heavy atom. The van der Waals surface area contributed by atoms with Gasteiger partial charge in [0.15, 0.2) is 11.6 Å². The Morgan fingerprint density at radius 2 is 2.00 bits per heavy atom. The van der Waals surface area contributed by atoms with Crippen LogP contribution in [-0.2, 0) is 0 Å². The number of nitriles is 1. The van der Waals surface area contributed by atoms with Crippen LogP contribution in [0.4, 0.5) is 14.5 Å². The normalized spacial score (nSPS) is 16.4. The predicted octanol–water partition coefficient (Wildman–Crippen LogP) is 3.44. The molecule has 0 aliphatic heterocycles. The van der Waals surface area contributed by atoms with Crippen LogP contribution in [-0.4, -0.2) is 6.04 Å². The van der Waals surface area contributed by atoms with Gasteiger partial charge in [-0.3, -0.25) is 0 Å². The second-order valence-electron chi connectivity index (χ2n) is 4.65. The Balaban J connectivity index is 2.11. The Bertz CT molecular complexity index is 438. The summed E-state index contributed by atoms with van der Waals surface area (Å²) in [5.41, 5.74) is -0.127. The average molecular weight is 236 g/mol. The lowest BCUT2D eigenvalue weighted by molar-refractivity contribution is 0.572. The molecule has 0 heterocycles. The maximum absolute atomic E-state index is 13.6. The summed E-state index contributed by atoms with van der Waals surface area (Å²) in [6.07, 6.45) is 3.35. The number of halogens is 2. The van der Waals surface area contributed by atoms with Gasteiger partial charge in [-0.1, -0.05) is 12.8 Å². The second-order valence-corrected chi connectivity index (χ2v) is 4.65. The van der Waals surface area contributed by atoms with E-state index in [1.54, 1.807) is 6.07 Å². The molecule has 1 aliphatic rings. The molecule has 1 aliphatic carbocycles. The van der Waals surface area contributed by atoms with Crippen molar-refractivity contribution >= 4 is 5.69 Å². The van der Waals surface area contributed by atoms with Gasteiger partial charge in [-0.25, -0.2) is 8.78 Å². The van der Waals surface area contributed by atoms with E-state index in [2.05, 4.69) is 5.32 Å². The van der Waals surface area contributed by atoms with Gasteiger partial charge in [0.1, 0.15) is 5.69 Å². The van der Waals surface area contributed by atoms with E-state index in [4.69, 9.17) is 5.26 Å². The lowest BCUT2D eigenvalue weighted by atomic mass is 10.1. The highest BCUT2D eigenvalue weighted by atomic mass is 19.1. The minimum Gasteiger partial charge on any atom is -0.378 e. The zero-order valence-electron chi connectivity index (χ0n) is 9.63. The lowest BCUT2D eigenvalue weighted by Gasteiger charge is -2.16. The molecule has 1 aromatic rings. The molecular weight excluding hydrogens is 222 g/mol. The van der Waals surface area contributed by atoms with Crippen molar-refractivity contribution in [2.75, 3.05) is 5.32 Å². The van der Waals surface area contributed by atoms with E-state index in [-0.39, 0.29) is 17.3 Å². The molecule has 1 aromatic carbocycles. The molecule has 0 spiro atoms. The summed E-state index contributed by atoms with van der Waals surface area (Å²) in [5.74, 6) is -0.713. The lowest BCUT2D eigenvalue weighted by Crippen LogP contribution is -2.17. The zero-order valence-corrected chi connectivity index (χ0v) is 9.63. The van der Waals surface area contributed by atoms with Gasteiger partial charge in [-0.15, -0.1) is 0 Å². The van der Waals surface area contributed by atoms with Crippen LogP contribution in [0.3, 0.4) is 0 Å². The third kappa shape index (κ3) is 2.94. The minimum absolute atomic E-state index is 0.000367. The standard InChI is InChI=1S/C13H14F2N2/c1-8(4-9-2-3-9)17-13-11(14)5-10(7-16)6-12(13)15/h5-6,8-9,17H,2-4H2,1H3. The van der Waals surface area contributed by atoms with Gasteiger partial charge in [0.05, 0.1) is 11.6 Å². The van der Waals surface area contributed by atoms with Crippen LogP contribution >= 0.6 is 0 Å². The molecule has 0 bridgehead atoms. The topological polar surface area (TPSA) is 35.8 Å². The van der Waals surface area contributed by atoms with E-state index in [1.807, 2.05) is 6.92 Å². The number of rotatable bonds is 4. The van der Waals surface area contributed by atoms with Gasteiger partial charge < -0.3 is 5.32 Å². The molecule has 1 N–H and O–H groups in total. The first-order chi connectivity index (χ1) is 8.10.